The fourth-order valence-electron chi connectivity index (χ4n) is 6.90. The van der Waals surface area contributed by atoms with E-state index in [1.165, 1.54) is 38.5 Å². The van der Waals surface area contributed by atoms with Gasteiger partial charge in [0.05, 0.1) is 11.7 Å². The minimum absolute atomic E-state index is 0.0197. The number of nitrogens with zero attached hydrogens (tertiary/aromatic N) is 1. The van der Waals surface area contributed by atoms with Gasteiger partial charge >= 0.3 is 0 Å². The van der Waals surface area contributed by atoms with E-state index in [0.717, 1.165) is 12.3 Å². The van der Waals surface area contributed by atoms with Gasteiger partial charge in [0.2, 0.25) is 0 Å². The third-order valence-corrected chi connectivity index (χ3v) is 7.90. The number of ether oxygens (including phenoxy) is 2. The Labute approximate surface area is 154 Å². The molecule has 0 spiro atoms. The molecule has 4 aliphatic carbocycles. The smallest absolute Gasteiger partial charge is 0.155 e. The summed E-state index contributed by atoms with van der Waals surface area (Å²) in [6.07, 6.45) is 8.84. The van der Waals surface area contributed by atoms with Gasteiger partial charge in [-0.25, -0.2) is 0 Å². The lowest BCUT2D eigenvalue weighted by molar-refractivity contribution is -0.285. The highest BCUT2D eigenvalue weighted by Gasteiger charge is 2.62. The number of nitriles is 1. The first-order valence-corrected chi connectivity index (χ1v) is 10.6. The second-order valence-electron chi connectivity index (χ2n) is 9.40. The van der Waals surface area contributed by atoms with Crippen molar-refractivity contribution < 1.29 is 9.47 Å². The lowest BCUT2D eigenvalue weighted by atomic mass is 9.42. The third kappa shape index (κ3) is 3.37. The summed E-state index contributed by atoms with van der Waals surface area (Å²) in [6, 6.07) is 2.48. The normalized spacial score (nSPS) is 42.8. The molecule has 0 heterocycles. The predicted molar refractivity (Wildman–Crippen MR) is 99.7 cm³/mol. The van der Waals surface area contributed by atoms with Gasteiger partial charge in [0, 0.05) is 12.5 Å². The molecular formula is C22H37NO2. The van der Waals surface area contributed by atoms with E-state index in [-0.39, 0.29) is 17.8 Å². The zero-order chi connectivity index (χ0) is 18.2. The molecular weight excluding hydrogens is 310 g/mol. The van der Waals surface area contributed by atoms with Gasteiger partial charge in [0.15, 0.2) is 6.29 Å². The second-order valence-corrected chi connectivity index (χ2v) is 9.40. The van der Waals surface area contributed by atoms with Gasteiger partial charge in [-0.2, -0.15) is 5.26 Å². The molecule has 5 atom stereocenters. The Morgan fingerprint density at radius 1 is 1.12 bits per heavy atom. The van der Waals surface area contributed by atoms with Crippen molar-refractivity contribution in [3.05, 3.63) is 0 Å². The molecule has 0 amide bonds. The van der Waals surface area contributed by atoms with Crippen LogP contribution in [0.2, 0.25) is 0 Å². The lowest BCUT2D eigenvalue weighted by Gasteiger charge is -2.66. The lowest BCUT2D eigenvalue weighted by Crippen LogP contribution is -2.63. The largest absolute Gasteiger partial charge is 0.353 e. The SMILES string of the molecule is CCOC(C)OC1(C)C2CC3CC1CC(C(CC)CC(C)C#N)(C3)C2. The average molecular weight is 348 g/mol. The highest BCUT2D eigenvalue weighted by Crippen LogP contribution is 2.67. The van der Waals surface area contributed by atoms with Crippen LogP contribution in [0.1, 0.15) is 79.6 Å². The van der Waals surface area contributed by atoms with E-state index in [4.69, 9.17) is 9.47 Å². The fraction of sp³-hybridized carbons (Fsp3) is 0.955. The summed E-state index contributed by atoms with van der Waals surface area (Å²) in [5, 5.41) is 9.31. The molecule has 142 valence electrons. The van der Waals surface area contributed by atoms with Crippen LogP contribution in [0.4, 0.5) is 0 Å². The maximum atomic E-state index is 9.31. The van der Waals surface area contributed by atoms with Crippen molar-refractivity contribution in [2.45, 2.75) is 91.5 Å². The van der Waals surface area contributed by atoms with Crippen molar-refractivity contribution in [2.24, 2.45) is 35.0 Å². The summed E-state index contributed by atoms with van der Waals surface area (Å²) in [6.45, 7) is 11.6. The van der Waals surface area contributed by atoms with Crippen molar-refractivity contribution in [2.75, 3.05) is 6.61 Å². The standard InChI is InChI=1S/C22H37NO2/c1-6-18(8-15(3)14-23)22-11-17-9-19(12-22)21(5,20(10-17)13-22)25-16(4)24-7-2/h15-20H,6-13H2,1-5H3. The van der Waals surface area contributed by atoms with Crippen LogP contribution < -0.4 is 0 Å². The first-order valence-electron chi connectivity index (χ1n) is 10.6. The van der Waals surface area contributed by atoms with Crippen LogP contribution in [0.5, 0.6) is 0 Å². The van der Waals surface area contributed by atoms with Gasteiger partial charge in [-0.05, 0) is 95.3 Å². The minimum atomic E-state index is -0.107. The molecule has 0 N–H and O–H groups in total. The van der Waals surface area contributed by atoms with Crippen LogP contribution >= 0.6 is 0 Å². The zero-order valence-corrected chi connectivity index (χ0v) is 16.9. The second kappa shape index (κ2) is 7.20. The minimum Gasteiger partial charge on any atom is -0.353 e. The first kappa shape index (κ1) is 19.2. The Morgan fingerprint density at radius 2 is 1.76 bits per heavy atom. The van der Waals surface area contributed by atoms with E-state index >= 15 is 0 Å². The molecule has 5 unspecified atom stereocenters. The molecule has 0 aliphatic heterocycles. The maximum absolute atomic E-state index is 9.31. The van der Waals surface area contributed by atoms with Gasteiger partial charge in [0.1, 0.15) is 0 Å². The van der Waals surface area contributed by atoms with E-state index in [0.29, 0.717) is 29.8 Å². The van der Waals surface area contributed by atoms with Gasteiger partial charge < -0.3 is 9.47 Å². The molecule has 3 nitrogen and oxygen atoms in total. The molecule has 25 heavy (non-hydrogen) atoms. The van der Waals surface area contributed by atoms with Crippen LogP contribution in [0, 0.1) is 46.3 Å². The molecule has 0 saturated heterocycles. The van der Waals surface area contributed by atoms with Crippen LogP contribution in [-0.2, 0) is 9.47 Å². The molecule has 4 fully saturated rings. The molecule has 4 bridgehead atoms. The number of hydrogen-bond donors (Lipinski definition) is 0. The van der Waals surface area contributed by atoms with E-state index in [1.54, 1.807) is 0 Å². The summed E-state index contributed by atoms with van der Waals surface area (Å²) in [5.74, 6) is 3.08. The van der Waals surface area contributed by atoms with Gasteiger partial charge in [-0.15, -0.1) is 0 Å². The van der Waals surface area contributed by atoms with Crippen molar-refractivity contribution in [1.29, 1.82) is 5.26 Å². The first-order chi connectivity index (χ1) is 11.9. The number of rotatable bonds is 8. The van der Waals surface area contributed by atoms with Crippen molar-refractivity contribution in [1.82, 2.24) is 0 Å². The summed E-state index contributed by atoms with van der Waals surface area (Å²) in [5.41, 5.74) is 0.447. The topological polar surface area (TPSA) is 42.2 Å². The van der Waals surface area contributed by atoms with Crippen LogP contribution in [0.3, 0.4) is 0 Å². The molecule has 4 aliphatic rings. The van der Waals surface area contributed by atoms with E-state index in [1.807, 2.05) is 6.92 Å². The van der Waals surface area contributed by atoms with Crippen molar-refractivity contribution in [3.63, 3.8) is 0 Å². The van der Waals surface area contributed by atoms with Crippen LogP contribution in [-0.4, -0.2) is 18.5 Å². The molecule has 0 aromatic rings. The monoisotopic (exact) mass is 347 g/mol. The highest BCUT2D eigenvalue weighted by molar-refractivity contribution is 5.12. The highest BCUT2D eigenvalue weighted by atomic mass is 16.7. The number of hydrogen-bond acceptors (Lipinski definition) is 3. The Hall–Kier alpha value is -0.590. The maximum Gasteiger partial charge on any atom is 0.155 e. The average Bonchev–Trinajstić information content (AvgIpc) is 2.57. The van der Waals surface area contributed by atoms with Gasteiger partial charge in [0.25, 0.3) is 0 Å². The molecule has 0 radical (unpaired) electrons. The molecule has 0 aromatic carbocycles. The zero-order valence-electron chi connectivity index (χ0n) is 16.9. The summed E-state index contributed by atoms with van der Waals surface area (Å²) in [4.78, 5) is 0. The summed E-state index contributed by atoms with van der Waals surface area (Å²) >= 11 is 0. The van der Waals surface area contributed by atoms with Crippen molar-refractivity contribution in [3.8, 4) is 6.07 Å². The quantitative estimate of drug-likeness (QED) is 0.541. The summed E-state index contributed by atoms with van der Waals surface area (Å²) < 4.78 is 12.3. The molecule has 0 aromatic heterocycles. The fourth-order valence-corrected chi connectivity index (χ4v) is 6.90. The Morgan fingerprint density at radius 3 is 2.28 bits per heavy atom. The predicted octanol–water partition coefficient (Wildman–Crippen LogP) is 5.55. The Kier molecular flexibility index (Phi) is 5.52. The van der Waals surface area contributed by atoms with Gasteiger partial charge in [-0.3, -0.25) is 0 Å². The van der Waals surface area contributed by atoms with E-state index in [9.17, 15) is 5.26 Å². The Balaban J connectivity index is 1.79. The van der Waals surface area contributed by atoms with E-state index < -0.39 is 0 Å². The molecule has 3 heteroatoms. The third-order valence-electron chi connectivity index (χ3n) is 7.90. The Bertz CT molecular complexity index is 495. The van der Waals surface area contributed by atoms with E-state index in [2.05, 4.69) is 33.8 Å². The molecule has 4 rings (SSSR count). The molecule has 4 saturated carbocycles. The van der Waals surface area contributed by atoms with Gasteiger partial charge in [-0.1, -0.05) is 13.3 Å². The van der Waals surface area contributed by atoms with Crippen molar-refractivity contribution >= 4 is 0 Å². The van der Waals surface area contributed by atoms with Crippen LogP contribution in [0.25, 0.3) is 0 Å². The van der Waals surface area contributed by atoms with Crippen LogP contribution in [0.15, 0.2) is 0 Å². The summed E-state index contributed by atoms with van der Waals surface area (Å²) in [7, 11) is 0.